The molecule has 16 heteroatoms. The Bertz CT molecular complexity index is 4810. The minimum Gasteiger partial charge on any atom is -0.508 e. The van der Waals surface area contributed by atoms with Gasteiger partial charge in [0.05, 0.1) is 58.5 Å². The van der Waals surface area contributed by atoms with E-state index in [0.717, 1.165) is 45.4 Å². The molecule has 118 heavy (non-hydrogen) atoms. The number of benzene rings is 8. The number of allylic oxidation sites excluding steroid dienone is 8. The molecule has 0 amide bonds. The molecule has 8 aliphatic rings. The van der Waals surface area contributed by atoms with Crippen LogP contribution in [0.5, 0.6) is 23.0 Å². The van der Waals surface area contributed by atoms with Crippen LogP contribution in [-0.4, -0.2) is 96.9 Å². The van der Waals surface area contributed by atoms with Crippen molar-refractivity contribution in [3.63, 3.8) is 0 Å². The van der Waals surface area contributed by atoms with Crippen LogP contribution in [0.2, 0.25) is 0 Å². The van der Waals surface area contributed by atoms with Crippen LogP contribution >= 0.6 is 0 Å². The zero-order valence-corrected chi connectivity index (χ0v) is 76.2. The van der Waals surface area contributed by atoms with Gasteiger partial charge in [0.2, 0.25) is 0 Å². The molecule has 0 unspecified atom stereocenters. The standard InChI is InChI=1S/2C14H20N2.2C13H17NO.2C12H16N2.2C12H15NO/c2*1-10-9-14(2,3)15-13-7-6-11(16(4)5)8-12(10)13;2*1-9-8-13(2,3)14-12-6-5-10(15-4)7-11(9)12;2*1-8-7-12(2,3)14-11-5-4-9(13)6-10(8)11;2*1-8-7-12(2,3)13-11-5-4-9(14)6-10(8)11/h2*6-9,15H,1-5H3;2*5-8,14H,1-4H3;2*4-7,14H,13H2,1-3H3;2*4-7,13-14H,1-3H3. The molecule has 8 aliphatic heterocycles. The molecule has 8 heterocycles. The molecule has 0 atom stereocenters. The number of nitrogens with two attached hydrogens (primary N) is 2. The van der Waals surface area contributed by atoms with Crippen LogP contribution in [0.25, 0.3) is 44.6 Å². The Hall–Kier alpha value is -11.5. The zero-order valence-electron chi connectivity index (χ0n) is 76.2. The average molecular weight is 1590 g/mol. The monoisotopic (exact) mass is 1590 g/mol. The molecule has 0 bridgehead atoms. The van der Waals surface area contributed by atoms with Crippen LogP contribution < -0.4 is 73.3 Å². The first-order valence-electron chi connectivity index (χ1n) is 41.0. The van der Waals surface area contributed by atoms with Gasteiger partial charge in [-0.2, -0.15) is 0 Å². The van der Waals surface area contributed by atoms with E-state index in [1.54, 1.807) is 38.5 Å². The minimum atomic E-state index is -0.00590. The number of phenolic OH excluding ortho intramolecular Hbond substituents is 2. The second-order valence-corrected chi connectivity index (χ2v) is 37.5. The van der Waals surface area contributed by atoms with Crippen molar-refractivity contribution in [2.75, 3.05) is 106 Å². The van der Waals surface area contributed by atoms with Crippen LogP contribution in [0.1, 0.15) is 211 Å². The lowest BCUT2D eigenvalue weighted by Crippen LogP contribution is -2.31. The number of nitrogen functional groups attached to an aromatic ring is 2. The Kier molecular flexibility index (Phi) is 27.1. The van der Waals surface area contributed by atoms with E-state index < -0.39 is 0 Å². The molecule has 8 aromatic carbocycles. The summed E-state index contributed by atoms with van der Waals surface area (Å²) in [5, 5.41) is 46.5. The maximum atomic E-state index is 9.38. The molecule has 0 aliphatic carbocycles. The first-order chi connectivity index (χ1) is 54.7. The first kappa shape index (κ1) is 90.4. The summed E-state index contributed by atoms with van der Waals surface area (Å²) in [6.45, 7) is 51.7. The summed E-state index contributed by atoms with van der Waals surface area (Å²) in [6.07, 6.45) is 17.9. The molecule has 0 fully saturated rings. The molecule has 0 radical (unpaired) electrons. The van der Waals surface area contributed by atoms with E-state index in [0.29, 0.717) is 11.5 Å². The van der Waals surface area contributed by atoms with Gasteiger partial charge in [-0.15, -0.1) is 0 Å². The smallest absolute Gasteiger partial charge is 0.119 e. The summed E-state index contributed by atoms with van der Waals surface area (Å²) in [6, 6.07) is 48.2. The number of hydrogen-bond acceptors (Lipinski definition) is 16. The number of ether oxygens (including phenoxy) is 2. The third kappa shape index (κ3) is 23.9. The summed E-state index contributed by atoms with van der Waals surface area (Å²) < 4.78 is 10.5. The summed E-state index contributed by atoms with van der Waals surface area (Å²) in [4.78, 5) is 4.26. The topological polar surface area (TPSA) is 214 Å². The van der Waals surface area contributed by atoms with Gasteiger partial charge < -0.3 is 83.5 Å². The SMILES string of the molecule is CC1=CC(C)(C)Nc2ccc(N(C)C)cc21.CC1=CC(C)(C)Nc2ccc(N(C)C)cc21.CC1=CC(C)(C)Nc2ccc(N)cc21.CC1=CC(C)(C)Nc2ccc(N)cc21.CC1=CC(C)(C)Nc2ccc(O)cc21.CC1=CC(C)(C)Nc2ccc(O)cc21.COc1ccc2c(c1)C(C)=CC(C)(C)N2.COc1ccc2c(c1)C(C)=CC(C)(C)N2. The number of fused-ring (bicyclic) bond motifs is 8. The van der Waals surface area contributed by atoms with Gasteiger partial charge in [-0.3, -0.25) is 0 Å². The molecule has 0 saturated carbocycles. The fourth-order valence-electron chi connectivity index (χ4n) is 16.6. The summed E-state index contributed by atoms with van der Waals surface area (Å²) in [5.74, 6) is 2.45. The van der Waals surface area contributed by atoms with Crippen molar-refractivity contribution in [2.24, 2.45) is 0 Å². The van der Waals surface area contributed by atoms with Crippen molar-refractivity contribution in [1.29, 1.82) is 0 Å². The van der Waals surface area contributed by atoms with Gasteiger partial charge in [-0.05, 0) is 356 Å². The summed E-state index contributed by atoms with van der Waals surface area (Å²) in [5.41, 5.74) is 45.2. The molecule has 14 N–H and O–H groups in total. The number of hydrogen-bond donors (Lipinski definition) is 12. The number of nitrogens with zero attached hydrogens (tertiary/aromatic N) is 2. The Labute approximate surface area is 706 Å². The number of nitrogens with one attached hydrogen (secondary N) is 8. The van der Waals surface area contributed by atoms with Crippen molar-refractivity contribution in [1.82, 2.24) is 0 Å². The molecule has 16 nitrogen and oxygen atoms in total. The van der Waals surface area contributed by atoms with Crippen molar-refractivity contribution < 1.29 is 19.7 Å². The fraction of sp³-hybridized carbons (Fsp3) is 0.373. The van der Waals surface area contributed by atoms with Gasteiger partial charge in [-0.25, -0.2) is 0 Å². The maximum absolute atomic E-state index is 9.38. The van der Waals surface area contributed by atoms with Crippen LogP contribution in [-0.2, 0) is 0 Å². The Morgan fingerprint density at radius 3 is 0.636 bits per heavy atom. The number of aromatic hydroxyl groups is 2. The Morgan fingerprint density at radius 1 is 0.246 bits per heavy atom. The highest BCUT2D eigenvalue weighted by molar-refractivity contribution is 5.88. The molecule has 0 saturated heterocycles. The number of anilines is 12. The van der Waals surface area contributed by atoms with Crippen molar-refractivity contribution in [2.45, 2.75) is 210 Å². The average Bonchev–Trinajstić information content (AvgIpc) is 0.820. The van der Waals surface area contributed by atoms with Gasteiger partial charge in [0, 0.05) is 141 Å². The number of methoxy groups -OCH3 is 2. The van der Waals surface area contributed by atoms with Crippen molar-refractivity contribution in [3.05, 3.63) is 239 Å². The summed E-state index contributed by atoms with van der Waals surface area (Å²) >= 11 is 0. The third-order valence-electron chi connectivity index (χ3n) is 21.3. The predicted molar refractivity (Wildman–Crippen MR) is 516 cm³/mol. The van der Waals surface area contributed by atoms with Crippen LogP contribution in [0.3, 0.4) is 0 Å². The normalized spacial score (nSPS) is 17.7. The van der Waals surface area contributed by atoms with E-state index in [4.69, 9.17) is 20.9 Å². The second-order valence-electron chi connectivity index (χ2n) is 37.5. The van der Waals surface area contributed by atoms with Crippen LogP contribution in [0.4, 0.5) is 68.2 Å². The van der Waals surface area contributed by atoms with Gasteiger partial charge in [0.15, 0.2) is 0 Å². The second kappa shape index (κ2) is 35.3. The largest absolute Gasteiger partial charge is 0.508 e. The quantitative estimate of drug-likeness (QED) is 0.0583. The third-order valence-corrected chi connectivity index (χ3v) is 21.3. The van der Waals surface area contributed by atoms with E-state index in [-0.39, 0.29) is 44.3 Å². The van der Waals surface area contributed by atoms with Crippen molar-refractivity contribution in [3.8, 4) is 23.0 Å². The zero-order chi connectivity index (χ0) is 87.3. The molecule has 8 aromatic rings. The van der Waals surface area contributed by atoms with E-state index in [1.165, 1.54) is 123 Å². The van der Waals surface area contributed by atoms with Gasteiger partial charge in [0.25, 0.3) is 0 Å². The Balaban J connectivity index is 0.000000154. The first-order valence-corrected chi connectivity index (χ1v) is 41.0. The maximum Gasteiger partial charge on any atom is 0.119 e. The molecular formula is C102H136N12O4. The van der Waals surface area contributed by atoms with Gasteiger partial charge in [0.1, 0.15) is 23.0 Å². The van der Waals surface area contributed by atoms with Crippen molar-refractivity contribution >= 4 is 113 Å². The molecule has 16 rings (SSSR count). The van der Waals surface area contributed by atoms with E-state index in [1.807, 2.05) is 60.7 Å². The lowest BCUT2D eigenvalue weighted by atomic mass is 9.91. The highest BCUT2D eigenvalue weighted by atomic mass is 16.5. The van der Waals surface area contributed by atoms with E-state index in [9.17, 15) is 10.2 Å². The minimum absolute atomic E-state index is 0.00590. The molecule has 0 aromatic heterocycles. The Morgan fingerprint density at radius 2 is 0.424 bits per heavy atom. The lowest BCUT2D eigenvalue weighted by Gasteiger charge is -2.32. The fourth-order valence-corrected chi connectivity index (χ4v) is 16.6. The predicted octanol–water partition coefficient (Wildman–Crippen LogP) is 25.1. The summed E-state index contributed by atoms with van der Waals surface area (Å²) in [7, 11) is 11.7. The molecular weight excluding hydrogens is 1460 g/mol. The number of rotatable bonds is 4. The van der Waals surface area contributed by atoms with E-state index >= 15 is 0 Å². The molecule has 0 spiro atoms. The highest BCUT2D eigenvalue weighted by Gasteiger charge is 2.30. The van der Waals surface area contributed by atoms with Gasteiger partial charge >= 0.3 is 0 Å². The molecule has 628 valence electrons. The highest BCUT2D eigenvalue weighted by Crippen LogP contribution is 2.43. The van der Waals surface area contributed by atoms with Crippen LogP contribution in [0, 0.1) is 0 Å². The van der Waals surface area contributed by atoms with Gasteiger partial charge in [-0.1, -0.05) is 48.6 Å². The van der Waals surface area contributed by atoms with E-state index in [2.05, 4.69) is 356 Å². The lowest BCUT2D eigenvalue weighted by molar-refractivity contribution is 0.414. The van der Waals surface area contributed by atoms with Crippen LogP contribution in [0.15, 0.2) is 194 Å². The number of phenols is 2.